The molecule has 20 heavy (non-hydrogen) atoms. The summed E-state index contributed by atoms with van der Waals surface area (Å²) in [7, 11) is 0. The van der Waals surface area contributed by atoms with Gasteiger partial charge < -0.3 is 25.2 Å². The zero-order valence-electron chi connectivity index (χ0n) is 11.0. The number of benzene rings is 2. The molecule has 0 unspecified atom stereocenters. The first-order valence-corrected chi connectivity index (χ1v) is 6.11. The van der Waals surface area contributed by atoms with Crippen LogP contribution in [0.15, 0.2) is 24.3 Å². The molecule has 1 aliphatic heterocycles. The van der Waals surface area contributed by atoms with Gasteiger partial charge in [0, 0.05) is 28.7 Å². The van der Waals surface area contributed by atoms with Crippen molar-refractivity contribution in [2.24, 2.45) is 0 Å². The molecule has 5 nitrogen and oxygen atoms in total. The third-order valence-corrected chi connectivity index (χ3v) is 3.72. The van der Waals surface area contributed by atoms with E-state index in [1.807, 2.05) is 13.8 Å². The lowest BCUT2D eigenvalue weighted by Crippen LogP contribution is -2.24. The van der Waals surface area contributed by atoms with Crippen LogP contribution in [0.1, 0.15) is 25.0 Å². The Kier molecular flexibility index (Phi) is 2.32. The smallest absolute Gasteiger partial charge is 0.161 e. The molecule has 0 saturated carbocycles. The summed E-state index contributed by atoms with van der Waals surface area (Å²) in [5.41, 5.74) is 0.815. The van der Waals surface area contributed by atoms with E-state index in [2.05, 4.69) is 0 Å². The molecule has 1 aliphatic rings. The summed E-state index contributed by atoms with van der Waals surface area (Å²) in [5, 5.41) is 38.5. The molecular formula is C15H14O5. The second-order valence-electron chi connectivity index (χ2n) is 5.40. The minimum atomic E-state index is -0.556. The van der Waals surface area contributed by atoms with Crippen molar-refractivity contribution in [1.29, 1.82) is 0 Å². The van der Waals surface area contributed by atoms with Crippen molar-refractivity contribution in [2.45, 2.75) is 19.3 Å². The number of aromatic hydroxyl groups is 4. The Bertz CT molecular complexity index is 659. The minimum Gasteiger partial charge on any atom is -0.504 e. The lowest BCUT2D eigenvalue weighted by Gasteiger charge is -2.34. The Morgan fingerprint density at radius 1 is 0.700 bits per heavy atom. The van der Waals surface area contributed by atoms with Crippen LogP contribution in [0.5, 0.6) is 34.5 Å². The standard InChI is InChI=1S/C15H14O5/c1-15(2)7-3-9(16)11(18)5-13(7)20-14-6-12(19)10(17)4-8(14)15/h3-6,16-19H,1-2H3. The van der Waals surface area contributed by atoms with Crippen LogP contribution < -0.4 is 4.74 Å². The summed E-state index contributed by atoms with van der Waals surface area (Å²) >= 11 is 0. The van der Waals surface area contributed by atoms with E-state index in [4.69, 9.17) is 4.74 Å². The maximum atomic E-state index is 9.66. The monoisotopic (exact) mass is 274 g/mol. The Morgan fingerprint density at radius 2 is 1.05 bits per heavy atom. The van der Waals surface area contributed by atoms with Crippen LogP contribution in [0.3, 0.4) is 0 Å². The van der Waals surface area contributed by atoms with Crippen molar-refractivity contribution in [3.05, 3.63) is 35.4 Å². The van der Waals surface area contributed by atoms with E-state index in [1.165, 1.54) is 24.3 Å². The van der Waals surface area contributed by atoms with Gasteiger partial charge in [0.25, 0.3) is 0 Å². The Labute approximate surface area is 115 Å². The predicted octanol–water partition coefficient (Wildman–Crippen LogP) is 2.94. The van der Waals surface area contributed by atoms with Gasteiger partial charge in [-0.3, -0.25) is 0 Å². The van der Waals surface area contributed by atoms with Crippen molar-refractivity contribution >= 4 is 0 Å². The van der Waals surface area contributed by atoms with Gasteiger partial charge in [0.15, 0.2) is 23.0 Å². The van der Waals surface area contributed by atoms with Crippen molar-refractivity contribution in [2.75, 3.05) is 0 Å². The third kappa shape index (κ3) is 1.56. The van der Waals surface area contributed by atoms with Gasteiger partial charge in [0.1, 0.15) is 11.5 Å². The molecule has 0 spiro atoms. The summed E-state index contributed by atoms with van der Waals surface area (Å²) < 4.78 is 5.64. The molecule has 1 heterocycles. The van der Waals surface area contributed by atoms with Gasteiger partial charge in [-0.15, -0.1) is 0 Å². The van der Waals surface area contributed by atoms with Crippen molar-refractivity contribution in [3.8, 4) is 34.5 Å². The number of phenolic OH excluding ortho intramolecular Hbond substituents is 4. The first kappa shape index (κ1) is 12.5. The first-order valence-electron chi connectivity index (χ1n) is 6.11. The van der Waals surface area contributed by atoms with Crippen LogP contribution in [0.2, 0.25) is 0 Å². The van der Waals surface area contributed by atoms with E-state index < -0.39 is 5.41 Å². The Balaban J connectivity index is 2.28. The van der Waals surface area contributed by atoms with E-state index in [-0.39, 0.29) is 23.0 Å². The molecule has 0 atom stereocenters. The molecule has 0 bridgehead atoms. The largest absolute Gasteiger partial charge is 0.504 e. The van der Waals surface area contributed by atoms with Crippen molar-refractivity contribution in [1.82, 2.24) is 0 Å². The van der Waals surface area contributed by atoms with Crippen LogP contribution >= 0.6 is 0 Å². The summed E-state index contributed by atoms with van der Waals surface area (Å²) in [6.45, 7) is 3.81. The molecule has 0 aliphatic carbocycles. The second-order valence-corrected chi connectivity index (χ2v) is 5.40. The molecule has 3 rings (SSSR count). The molecule has 0 radical (unpaired) electrons. The number of hydrogen-bond acceptors (Lipinski definition) is 5. The molecule has 104 valence electrons. The van der Waals surface area contributed by atoms with E-state index >= 15 is 0 Å². The maximum absolute atomic E-state index is 9.66. The highest BCUT2D eigenvalue weighted by molar-refractivity contribution is 5.63. The van der Waals surface area contributed by atoms with Crippen LogP contribution in [0, 0.1) is 0 Å². The fourth-order valence-electron chi connectivity index (χ4n) is 2.52. The molecule has 0 saturated heterocycles. The summed E-state index contributed by atoms with van der Waals surface area (Å²) in [6.07, 6.45) is 0. The lowest BCUT2D eigenvalue weighted by atomic mass is 9.75. The van der Waals surface area contributed by atoms with Gasteiger partial charge in [-0.1, -0.05) is 13.8 Å². The van der Waals surface area contributed by atoms with E-state index in [0.717, 1.165) is 0 Å². The third-order valence-electron chi connectivity index (χ3n) is 3.72. The predicted molar refractivity (Wildman–Crippen MR) is 71.7 cm³/mol. The van der Waals surface area contributed by atoms with Crippen LogP contribution in [-0.4, -0.2) is 20.4 Å². The van der Waals surface area contributed by atoms with Crippen molar-refractivity contribution < 1.29 is 25.2 Å². The van der Waals surface area contributed by atoms with Gasteiger partial charge >= 0.3 is 0 Å². The Morgan fingerprint density at radius 3 is 1.45 bits per heavy atom. The zero-order valence-corrected chi connectivity index (χ0v) is 11.0. The van der Waals surface area contributed by atoms with Crippen molar-refractivity contribution in [3.63, 3.8) is 0 Å². The summed E-state index contributed by atoms with van der Waals surface area (Å²) in [5.74, 6) is -0.193. The molecule has 2 aromatic rings. The van der Waals surface area contributed by atoms with Gasteiger partial charge in [-0.05, 0) is 12.1 Å². The highest BCUT2D eigenvalue weighted by Gasteiger charge is 2.36. The van der Waals surface area contributed by atoms with Crippen LogP contribution in [0.4, 0.5) is 0 Å². The quantitative estimate of drug-likeness (QED) is 0.554. The highest BCUT2D eigenvalue weighted by atomic mass is 16.5. The number of hydrogen-bond donors (Lipinski definition) is 4. The summed E-state index contributed by atoms with van der Waals surface area (Å²) in [6, 6.07) is 5.55. The molecule has 5 heteroatoms. The Hall–Kier alpha value is -2.56. The fraction of sp³-hybridized carbons (Fsp3) is 0.200. The average Bonchev–Trinajstić information content (AvgIpc) is 2.35. The average molecular weight is 274 g/mol. The molecule has 0 fully saturated rings. The van der Waals surface area contributed by atoms with Gasteiger partial charge in [0.05, 0.1) is 0 Å². The van der Waals surface area contributed by atoms with Gasteiger partial charge in [-0.2, -0.15) is 0 Å². The zero-order chi connectivity index (χ0) is 14.7. The van der Waals surface area contributed by atoms with E-state index in [0.29, 0.717) is 22.6 Å². The number of ether oxygens (including phenoxy) is 1. The molecule has 2 aromatic carbocycles. The molecule has 0 amide bonds. The topological polar surface area (TPSA) is 90.2 Å². The SMILES string of the molecule is CC1(C)c2cc(O)c(O)cc2Oc2cc(O)c(O)cc21. The van der Waals surface area contributed by atoms with Crippen LogP contribution in [0.25, 0.3) is 0 Å². The highest BCUT2D eigenvalue weighted by Crippen LogP contribution is 2.52. The van der Waals surface area contributed by atoms with Gasteiger partial charge in [-0.25, -0.2) is 0 Å². The molecule has 0 aromatic heterocycles. The van der Waals surface area contributed by atoms with Gasteiger partial charge in [0.2, 0.25) is 0 Å². The van der Waals surface area contributed by atoms with E-state index in [9.17, 15) is 20.4 Å². The normalized spacial score (nSPS) is 15.1. The van der Waals surface area contributed by atoms with E-state index in [1.54, 1.807) is 0 Å². The first-order chi connectivity index (χ1) is 9.30. The molecular weight excluding hydrogens is 260 g/mol. The second kappa shape index (κ2) is 3.72. The number of phenols is 4. The molecule has 4 N–H and O–H groups in total. The van der Waals surface area contributed by atoms with Crippen LogP contribution in [-0.2, 0) is 5.41 Å². The lowest BCUT2D eigenvalue weighted by molar-refractivity contribution is 0.371. The number of rotatable bonds is 0. The fourth-order valence-corrected chi connectivity index (χ4v) is 2.52. The maximum Gasteiger partial charge on any atom is 0.161 e. The summed E-state index contributed by atoms with van der Waals surface area (Å²) in [4.78, 5) is 0. The number of fused-ring (bicyclic) bond motifs is 2. The minimum absolute atomic E-state index is 0.230.